The number of aryl methyl sites for hydroxylation is 1. The quantitative estimate of drug-likeness (QED) is 0.629. The number of aromatic amines is 1. The van der Waals surface area contributed by atoms with Gasteiger partial charge in [-0.05, 0) is 24.6 Å². The van der Waals surface area contributed by atoms with Crippen LogP contribution in [0.5, 0.6) is 0 Å². The van der Waals surface area contributed by atoms with Gasteiger partial charge < -0.3 is 0 Å². The highest BCUT2D eigenvalue weighted by atomic mass is 15.1. The first-order valence-electron chi connectivity index (χ1n) is 4.15. The molecule has 0 aliphatic rings. The van der Waals surface area contributed by atoms with Crippen LogP contribution in [-0.2, 0) is 0 Å². The maximum atomic E-state index is 8.35. The lowest BCUT2D eigenvalue weighted by molar-refractivity contribution is 1.12. The Morgan fingerprint density at radius 3 is 3.07 bits per heavy atom. The van der Waals surface area contributed by atoms with Gasteiger partial charge in [0.15, 0.2) is 6.07 Å². The molecule has 0 fully saturated rings. The van der Waals surface area contributed by atoms with Crippen LogP contribution in [0.25, 0.3) is 10.9 Å². The topological polar surface area (TPSA) is 52.5 Å². The highest BCUT2D eigenvalue weighted by Crippen LogP contribution is 2.16. The number of benzene rings is 1. The fraction of sp³-hybridized carbons (Fsp3) is 0.0909. The minimum Gasteiger partial charge on any atom is -0.278 e. The summed E-state index contributed by atoms with van der Waals surface area (Å²) in [4.78, 5) is 0. The number of aromatic nitrogens is 2. The zero-order valence-electron chi connectivity index (χ0n) is 7.63. The Balaban J connectivity index is 2.66. The fourth-order valence-corrected chi connectivity index (χ4v) is 1.33. The Kier molecular flexibility index (Phi) is 1.93. The van der Waals surface area contributed by atoms with Crippen molar-refractivity contribution in [3.05, 3.63) is 29.5 Å². The van der Waals surface area contributed by atoms with Crippen LogP contribution in [0, 0.1) is 30.1 Å². The third-order valence-electron chi connectivity index (χ3n) is 2.04. The maximum absolute atomic E-state index is 8.35. The number of hydrogen-bond donors (Lipinski definition) is 1. The molecule has 0 saturated carbocycles. The van der Waals surface area contributed by atoms with Gasteiger partial charge >= 0.3 is 0 Å². The monoisotopic (exact) mass is 181 g/mol. The van der Waals surface area contributed by atoms with Crippen molar-refractivity contribution in [2.45, 2.75) is 6.92 Å². The first kappa shape index (κ1) is 8.34. The molecule has 0 spiro atoms. The first-order chi connectivity index (χ1) is 6.81. The Hall–Kier alpha value is -2.26. The fourth-order valence-electron chi connectivity index (χ4n) is 1.33. The van der Waals surface area contributed by atoms with Crippen LogP contribution in [-0.4, -0.2) is 10.2 Å². The van der Waals surface area contributed by atoms with Crippen molar-refractivity contribution in [1.29, 1.82) is 5.26 Å². The number of nitrogens with one attached hydrogen (secondary N) is 1. The smallest absolute Gasteiger partial charge is 0.152 e. The van der Waals surface area contributed by atoms with Crippen molar-refractivity contribution in [2.75, 3.05) is 0 Å². The molecule has 3 heteroatoms. The molecule has 0 atom stereocenters. The molecule has 66 valence electrons. The number of nitrogens with zero attached hydrogens (tertiary/aromatic N) is 2. The molecule has 1 aromatic heterocycles. The summed E-state index contributed by atoms with van der Waals surface area (Å²) in [7, 11) is 0. The zero-order chi connectivity index (χ0) is 9.97. The molecule has 0 amide bonds. The largest absolute Gasteiger partial charge is 0.278 e. The van der Waals surface area contributed by atoms with Crippen LogP contribution in [0.4, 0.5) is 0 Å². The van der Waals surface area contributed by atoms with Gasteiger partial charge in [0.25, 0.3) is 0 Å². The molecule has 2 aromatic rings. The van der Waals surface area contributed by atoms with Crippen LogP contribution in [0.15, 0.2) is 18.3 Å². The van der Waals surface area contributed by atoms with Crippen LogP contribution < -0.4 is 0 Å². The standard InChI is InChI=1S/C11H7N3/c1-8-5-11-10(7-13-14-11)6-9(8)3-2-4-12/h5-7H,1H3,(H,13,14). The molecule has 1 aromatic carbocycles. The van der Waals surface area contributed by atoms with Gasteiger partial charge in [0.1, 0.15) is 0 Å². The molecular formula is C11H7N3. The summed E-state index contributed by atoms with van der Waals surface area (Å²) in [6.45, 7) is 1.96. The third kappa shape index (κ3) is 1.32. The molecule has 0 bridgehead atoms. The number of hydrogen-bond acceptors (Lipinski definition) is 2. The minimum atomic E-state index is 0.875. The molecule has 0 radical (unpaired) electrons. The lowest BCUT2D eigenvalue weighted by atomic mass is 10.1. The van der Waals surface area contributed by atoms with Gasteiger partial charge in [0, 0.05) is 16.9 Å². The van der Waals surface area contributed by atoms with E-state index in [0.717, 1.165) is 22.0 Å². The Labute approximate surface area is 81.4 Å². The van der Waals surface area contributed by atoms with E-state index < -0.39 is 0 Å². The van der Waals surface area contributed by atoms with Crippen molar-refractivity contribution in [2.24, 2.45) is 0 Å². The maximum Gasteiger partial charge on any atom is 0.152 e. The van der Waals surface area contributed by atoms with Crippen LogP contribution >= 0.6 is 0 Å². The van der Waals surface area contributed by atoms with E-state index in [-0.39, 0.29) is 0 Å². The number of rotatable bonds is 0. The molecule has 0 aliphatic carbocycles. The summed E-state index contributed by atoms with van der Waals surface area (Å²) in [5.74, 6) is 5.18. The Bertz CT molecular complexity index is 576. The van der Waals surface area contributed by atoms with Gasteiger partial charge in [-0.25, -0.2) is 0 Å². The summed E-state index contributed by atoms with van der Waals surface area (Å²) in [6, 6.07) is 5.71. The van der Waals surface area contributed by atoms with Crippen LogP contribution in [0.1, 0.15) is 11.1 Å². The number of H-pyrrole nitrogens is 1. The van der Waals surface area contributed by atoms with Crippen molar-refractivity contribution in [1.82, 2.24) is 10.2 Å². The SMILES string of the molecule is Cc1cc2[nH]ncc2cc1C#CC#N. The van der Waals surface area contributed by atoms with E-state index >= 15 is 0 Å². The van der Waals surface area contributed by atoms with Crippen molar-refractivity contribution >= 4 is 10.9 Å². The van der Waals surface area contributed by atoms with Gasteiger partial charge in [-0.15, -0.1) is 0 Å². The van der Waals surface area contributed by atoms with E-state index in [4.69, 9.17) is 5.26 Å². The minimum absolute atomic E-state index is 0.875. The molecule has 0 unspecified atom stereocenters. The number of nitriles is 1. The van der Waals surface area contributed by atoms with Crippen LogP contribution in [0.3, 0.4) is 0 Å². The zero-order valence-corrected chi connectivity index (χ0v) is 7.63. The lowest BCUT2D eigenvalue weighted by Crippen LogP contribution is -1.81. The summed E-state index contributed by atoms with van der Waals surface area (Å²) in [5.41, 5.74) is 2.91. The molecule has 3 nitrogen and oxygen atoms in total. The van der Waals surface area contributed by atoms with Gasteiger partial charge in [0.2, 0.25) is 0 Å². The van der Waals surface area contributed by atoms with Crippen molar-refractivity contribution in [3.63, 3.8) is 0 Å². The predicted molar refractivity (Wildman–Crippen MR) is 53.3 cm³/mol. The predicted octanol–water partition coefficient (Wildman–Crippen LogP) is 1.75. The molecule has 1 heterocycles. The van der Waals surface area contributed by atoms with Crippen molar-refractivity contribution in [3.8, 4) is 17.9 Å². The first-order valence-corrected chi connectivity index (χ1v) is 4.15. The molecule has 1 N–H and O–H groups in total. The highest BCUT2D eigenvalue weighted by molar-refractivity contribution is 5.80. The molecule has 14 heavy (non-hydrogen) atoms. The Morgan fingerprint density at radius 1 is 1.43 bits per heavy atom. The van der Waals surface area contributed by atoms with E-state index in [1.54, 1.807) is 12.3 Å². The second kappa shape index (κ2) is 3.24. The molecular weight excluding hydrogens is 174 g/mol. The van der Waals surface area contributed by atoms with Crippen LogP contribution in [0.2, 0.25) is 0 Å². The second-order valence-corrected chi connectivity index (χ2v) is 2.99. The van der Waals surface area contributed by atoms with Gasteiger partial charge in [-0.2, -0.15) is 10.4 Å². The van der Waals surface area contributed by atoms with E-state index in [9.17, 15) is 0 Å². The second-order valence-electron chi connectivity index (χ2n) is 2.99. The molecule has 0 aliphatic heterocycles. The van der Waals surface area contributed by atoms with E-state index in [1.807, 2.05) is 19.1 Å². The van der Waals surface area contributed by atoms with Crippen molar-refractivity contribution < 1.29 is 0 Å². The van der Waals surface area contributed by atoms with E-state index in [1.165, 1.54) is 0 Å². The normalized spacial score (nSPS) is 9.14. The van der Waals surface area contributed by atoms with Gasteiger partial charge in [-0.3, -0.25) is 5.10 Å². The Morgan fingerprint density at radius 2 is 2.29 bits per heavy atom. The van der Waals surface area contributed by atoms with Gasteiger partial charge in [-0.1, -0.05) is 5.92 Å². The summed E-state index contributed by atoms with van der Waals surface area (Å²) in [6.07, 6.45) is 1.74. The molecule has 2 rings (SSSR count). The average molecular weight is 181 g/mol. The number of fused-ring (bicyclic) bond motifs is 1. The third-order valence-corrected chi connectivity index (χ3v) is 2.04. The van der Waals surface area contributed by atoms with E-state index in [2.05, 4.69) is 22.0 Å². The summed E-state index contributed by atoms with van der Waals surface area (Å²) < 4.78 is 0. The lowest BCUT2D eigenvalue weighted by Gasteiger charge is -1.96. The van der Waals surface area contributed by atoms with E-state index in [0.29, 0.717) is 0 Å². The summed E-state index contributed by atoms with van der Waals surface area (Å²) >= 11 is 0. The summed E-state index contributed by atoms with van der Waals surface area (Å²) in [5, 5.41) is 16.2. The van der Waals surface area contributed by atoms with Gasteiger partial charge in [0.05, 0.1) is 11.7 Å². The average Bonchev–Trinajstić information content (AvgIpc) is 2.61. The molecule has 0 saturated heterocycles. The highest BCUT2D eigenvalue weighted by Gasteiger charge is 2.00.